The fraction of sp³-hybridized carbons (Fsp3) is 0.294. The van der Waals surface area contributed by atoms with E-state index in [2.05, 4.69) is 25.2 Å². The van der Waals surface area contributed by atoms with Crippen molar-refractivity contribution in [3.05, 3.63) is 63.6 Å². The van der Waals surface area contributed by atoms with Crippen LogP contribution in [0.2, 0.25) is 10.0 Å². The minimum atomic E-state index is 0.0797. The van der Waals surface area contributed by atoms with Gasteiger partial charge in [-0.25, -0.2) is 0 Å². The molecule has 0 bridgehead atoms. The molecule has 0 heterocycles. The van der Waals surface area contributed by atoms with Crippen molar-refractivity contribution in [2.24, 2.45) is 0 Å². The van der Waals surface area contributed by atoms with Crippen molar-refractivity contribution < 1.29 is 4.74 Å². The number of nitrogens with one attached hydrogen (secondary N) is 1. The first kappa shape index (κ1) is 16.2. The van der Waals surface area contributed by atoms with Gasteiger partial charge in [0, 0.05) is 17.6 Å². The van der Waals surface area contributed by atoms with Crippen LogP contribution in [0, 0.1) is 0 Å². The molecule has 0 aliphatic carbocycles. The van der Waals surface area contributed by atoms with Gasteiger partial charge < -0.3 is 10.1 Å². The van der Waals surface area contributed by atoms with Crippen molar-refractivity contribution in [2.75, 3.05) is 7.11 Å². The normalized spacial score (nSPS) is 13.8. The summed E-state index contributed by atoms with van der Waals surface area (Å²) in [6.45, 7) is 4.18. The number of hydrogen-bond donors (Lipinski definition) is 1. The lowest BCUT2D eigenvalue weighted by Gasteiger charge is -2.23. The Balaban J connectivity index is 2.19. The van der Waals surface area contributed by atoms with Gasteiger partial charge in [-0.05, 0) is 31.5 Å². The van der Waals surface area contributed by atoms with Gasteiger partial charge in [0.15, 0.2) is 0 Å². The van der Waals surface area contributed by atoms with Gasteiger partial charge in [-0.15, -0.1) is 0 Å². The van der Waals surface area contributed by atoms with E-state index in [9.17, 15) is 0 Å². The smallest absolute Gasteiger partial charge is 0.123 e. The molecule has 0 saturated carbocycles. The molecule has 0 aliphatic heterocycles. The van der Waals surface area contributed by atoms with Gasteiger partial charge in [0.2, 0.25) is 0 Å². The van der Waals surface area contributed by atoms with Gasteiger partial charge in [-0.3, -0.25) is 0 Å². The van der Waals surface area contributed by atoms with E-state index in [4.69, 9.17) is 27.9 Å². The summed E-state index contributed by atoms with van der Waals surface area (Å²) in [5.41, 5.74) is 2.11. The molecule has 0 radical (unpaired) electrons. The molecule has 2 aromatic carbocycles. The zero-order valence-electron chi connectivity index (χ0n) is 12.4. The second-order valence-electron chi connectivity index (χ2n) is 5.00. The van der Waals surface area contributed by atoms with Gasteiger partial charge in [-0.1, -0.05) is 53.5 Å². The van der Waals surface area contributed by atoms with Crippen LogP contribution in [0.5, 0.6) is 5.75 Å². The van der Waals surface area contributed by atoms with Gasteiger partial charge in [-0.2, -0.15) is 0 Å². The highest BCUT2D eigenvalue weighted by molar-refractivity contribution is 6.42. The second kappa shape index (κ2) is 7.17. The molecule has 0 amide bonds. The van der Waals surface area contributed by atoms with Gasteiger partial charge in [0.05, 0.1) is 17.2 Å². The van der Waals surface area contributed by atoms with Crippen LogP contribution in [-0.2, 0) is 0 Å². The Bertz CT molecular complexity index is 615. The molecule has 21 heavy (non-hydrogen) atoms. The quantitative estimate of drug-likeness (QED) is 0.793. The predicted octanol–water partition coefficient (Wildman–Crippen LogP) is 5.41. The highest BCUT2D eigenvalue weighted by atomic mass is 35.5. The molecule has 2 nitrogen and oxygen atoms in total. The highest BCUT2D eigenvalue weighted by Crippen LogP contribution is 2.32. The molecule has 2 rings (SSSR count). The van der Waals surface area contributed by atoms with E-state index in [1.807, 2.05) is 30.3 Å². The Morgan fingerprint density at radius 3 is 2.24 bits per heavy atom. The van der Waals surface area contributed by atoms with E-state index in [0.29, 0.717) is 10.0 Å². The number of benzene rings is 2. The van der Waals surface area contributed by atoms with Gasteiger partial charge in [0.25, 0.3) is 0 Å². The minimum Gasteiger partial charge on any atom is -0.496 e. The average Bonchev–Trinajstić information content (AvgIpc) is 2.49. The van der Waals surface area contributed by atoms with Crippen molar-refractivity contribution >= 4 is 23.2 Å². The fourth-order valence-electron chi connectivity index (χ4n) is 2.43. The first-order valence-electron chi connectivity index (χ1n) is 6.87. The number of ether oxygens (including phenoxy) is 1. The zero-order chi connectivity index (χ0) is 15.4. The van der Waals surface area contributed by atoms with Crippen molar-refractivity contribution in [3.8, 4) is 5.75 Å². The molecular weight excluding hydrogens is 305 g/mol. The van der Waals surface area contributed by atoms with Crippen molar-refractivity contribution in [1.29, 1.82) is 0 Å². The Morgan fingerprint density at radius 1 is 0.905 bits per heavy atom. The number of rotatable bonds is 5. The maximum atomic E-state index is 6.28. The van der Waals surface area contributed by atoms with Crippen LogP contribution in [0.1, 0.15) is 37.1 Å². The molecule has 0 aromatic heterocycles. The number of methoxy groups -OCH3 is 1. The van der Waals surface area contributed by atoms with E-state index in [1.54, 1.807) is 13.2 Å². The molecule has 4 heteroatoms. The lowest BCUT2D eigenvalue weighted by molar-refractivity contribution is 0.396. The number of para-hydroxylation sites is 1. The Kier molecular flexibility index (Phi) is 5.51. The average molecular weight is 324 g/mol. The lowest BCUT2D eigenvalue weighted by Crippen LogP contribution is -2.23. The molecule has 2 unspecified atom stereocenters. The van der Waals surface area contributed by atoms with Crippen LogP contribution >= 0.6 is 23.2 Å². The first-order valence-corrected chi connectivity index (χ1v) is 7.63. The van der Waals surface area contributed by atoms with E-state index >= 15 is 0 Å². The molecule has 2 aromatic rings. The number of hydrogen-bond acceptors (Lipinski definition) is 2. The van der Waals surface area contributed by atoms with Gasteiger partial charge in [0.1, 0.15) is 5.75 Å². The molecule has 112 valence electrons. The third kappa shape index (κ3) is 3.70. The van der Waals surface area contributed by atoms with Crippen molar-refractivity contribution in [2.45, 2.75) is 25.9 Å². The van der Waals surface area contributed by atoms with Crippen LogP contribution in [0.3, 0.4) is 0 Å². The molecule has 1 N–H and O–H groups in total. The SMILES string of the molecule is COc1ccccc1C(C)NC(C)c1cccc(Cl)c1Cl. The van der Waals surface area contributed by atoms with Gasteiger partial charge >= 0.3 is 0 Å². The van der Waals surface area contributed by atoms with E-state index in [1.165, 1.54) is 0 Å². The molecule has 0 fully saturated rings. The summed E-state index contributed by atoms with van der Waals surface area (Å²) in [6.07, 6.45) is 0. The summed E-state index contributed by atoms with van der Waals surface area (Å²) in [5, 5.41) is 4.71. The summed E-state index contributed by atoms with van der Waals surface area (Å²) in [5.74, 6) is 0.877. The topological polar surface area (TPSA) is 21.3 Å². The van der Waals surface area contributed by atoms with Crippen molar-refractivity contribution in [1.82, 2.24) is 5.32 Å². The Morgan fingerprint density at radius 2 is 1.52 bits per heavy atom. The van der Waals surface area contributed by atoms with Crippen LogP contribution < -0.4 is 10.1 Å². The third-order valence-corrected chi connectivity index (χ3v) is 4.39. The van der Waals surface area contributed by atoms with E-state index in [0.717, 1.165) is 16.9 Å². The van der Waals surface area contributed by atoms with Crippen LogP contribution in [0.25, 0.3) is 0 Å². The maximum absolute atomic E-state index is 6.28. The second-order valence-corrected chi connectivity index (χ2v) is 5.78. The first-order chi connectivity index (χ1) is 10.0. The lowest BCUT2D eigenvalue weighted by atomic mass is 10.0. The summed E-state index contributed by atoms with van der Waals surface area (Å²) >= 11 is 12.4. The summed E-state index contributed by atoms with van der Waals surface area (Å²) in [6, 6.07) is 13.9. The molecule has 0 saturated heterocycles. The monoisotopic (exact) mass is 323 g/mol. The fourth-order valence-corrected chi connectivity index (χ4v) is 2.91. The van der Waals surface area contributed by atoms with Crippen LogP contribution in [-0.4, -0.2) is 7.11 Å². The molecule has 0 aliphatic rings. The highest BCUT2D eigenvalue weighted by Gasteiger charge is 2.17. The summed E-state index contributed by atoms with van der Waals surface area (Å²) < 4.78 is 5.41. The summed E-state index contributed by atoms with van der Waals surface area (Å²) in [4.78, 5) is 0. The zero-order valence-corrected chi connectivity index (χ0v) is 13.9. The van der Waals surface area contributed by atoms with E-state index < -0.39 is 0 Å². The number of halogens is 2. The standard InChI is InChI=1S/C17H19Cl2NO/c1-11(13-7-4-5-10-16(13)21-3)20-12(2)14-8-6-9-15(18)17(14)19/h4-12,20H,1-3H3. The predicted molar refractivity (Wildman–Crippen MR) is 89.4 cm³/mol. The Hall–Kier alpha value is -1.22. The van der Waals surface area contributed by atoms with E-state index in [-0.39, 0.29) is 12.1 Å². The summed E-state index contributed by atoms with van der Waals surface area (Å²) in [7, 11) is 1.68. The third-order valence-electron chi connectivity index (χ3n) is 3.55. The largest absolute Gasteiger partial charge is 0.496 e. The molecule has 2 atom stereocenters. The molecular formula is C17H19Cl2NO. The van der Waals surface area contributed by atoms with Crippen LogP contribution in [0.4, 0.5) is 0 Å². The molecule has 0 spiro atoms. The van der Waals surface area contributed by atoms with Crippen molar-refractivity contribution in [3.63, 3.8) is 0 Å². The maximum Gasteiger partial charge on any atom is 0.123 e. The Labute approximate surface area is 136 Å². The minimum absolute atomic E-state index is 0.0797. The van der Waals surface area contributed by atoms with Crippen LogP contribution in [0.15, 0.2) is 42.5 Å².